The monoisotopic (exact) mass is 246 g/mol. The number of unbranched alkanes of at least 4 members (excludes halogenated alkanes) is 1. The highest BCUT2D eigenvalue weighted by Crippen LogP contribution is 1.96. The summed E-state index contributed by atoms with van der Waals surface area (Å²) in [6.07, 6.45) is 2.91. The molecule has 0 aromatic carbocycles. The van der Waals surface area contributed by atoms with Gasteiger partial charge in [-0.3, -0.25) is 4.79 Å². The molecule has 102 valence electrons. The number of methoxy groups -OCH3 is 1. The van der Waals surface area contributed by atoms with E-state index < -0.39 is 0 Å². The highest BCUT2D eigenvalue weighted by molar-refractivity contribution is 5.81. The number of carbonyl (C=O) groups is 1. The molecule has 0 unspecified atom stereocenters. The summed E-state index contributed by atoms with van der Waals surface area (Å²) in [6.45, 7) is 6.85. The van der Waals surface area contributed by atoms with Crippen LogP contribution >= 0.6 is 0 Å². The van der Waals surface area contributed by atoms with Crippen molar-refractivity contribution in [3.63, 3.8) is 0 Å². The van der Waals surface area contributed by atoms with Gasteiger partial charge in [0.25, 0.3) is 0 Å². The van der Waals surface area contributed by atoms with E-state index in [0.717, 1.165) is 32.5 Å². The van der Waals surface area contributed by atoms with E-state index in [-0.39, 0.29) is 18.3 Å². The molecule has 4 heteroatoms. The van der Waals surface area contributed by atoms with Crippen molar-refractivity contribution in [2.45, 2.75) is 33.1 Å². The van der Waals surface area contributed by atoms with Crippen LogP contribution in [-0.4, -0.2) is 45.9 Å². The van der Waals surface area contributed by atoms with Crippen LogP contribution in [-0.2, 0) is 19.0 Å². The molecule has 0 N–H and O–H groups in total. The Morgan fingerprint density at radius 1 is 0.941 bits per heavy atom. The minimum absolute atomic E-state index is 0.0621. The number of hydrogen-bond donors (Lipinski definition) is 0. The molecule has 0 aromatic heterocycles. The van der Waals surface area contributed by atoms with Crippen LogP contribution in [0.3, 0.4) is 0 Å². The first-order valence-electron chi connectivity index (χ1n) is 6.35. The lowest BCUT2D eigenvalue weighted by atomic mass is 10.1. The molecular formula is C13H26O4. The molecule has 0 aliphatic heterocycles. The summed E-state index contributed by atoms with van der Waals surface area (Å²) in [5.74, 6) is 0.220. The highest BCUT2D eigenvalue weighted by Gasteiger charge is 2.06. The molecule has 0 rings (SSSR count). The molecule has 0 bridgehead atoms. The van der Waals surface area contributed by atoms with Crippen LogP contribution in [0.25, 0.3) is 0 Å². The third-order valence-electron chi connectivity index (χ3n) is 2.35. The fraction of sp³-hybridized carbons (Fsp3) is 0.923. The van der Waals surface area contributed by atoms with E-state index in [9.17, 15) is 4.79 Å². The maximum absolute atomic E-state index is 11.2. The first kappa shape index (κ1) is 16.6. The molecule has 0 heterocycles. The zero-order chi connectivity index (χ0) is 12.9. The Kier molecular flexibility index (Phi) is 11.7. The van der Waals surface area contributed by atoms with Crippen molar-refractivity contribution in [3.05, 3.63) is 0 Å². The Labute approximate surface area is 105 Å². The molecule has 0 radical (unpaired) electrons. The molecule has 17 heavy (non-hydrogen) atoms. The largest absolute Gasteiger partial charge is 0.385 e. The summed E-state index contributed by atoms with van der Waals surface area (Å²) >= 11 is 0. The fourth-order valence-corrected chi connectivity index (χ4v) is 1.16. The molecular weight excluding hydrogens is 220 g/mol. The van der Waals surface area contributed by atoms with Crippen molar-refractivity contribution in [3.8, 4) is 0 Å². The molecule has 0 saturated heterocycles. The lowest BCUT2D eigenvalue weighted by Gasteiger charge is -2.06. The Bertz CT molecular complexity index is 180. The molecule has 0 aromatic rings. The van der Waals surface area contributed by atoms with Gasteiger partial charge >= 0.3 is 0 Å². The Balaban J connectivity index is 3.06. The molecule has 0 atom stereocenters. The summed E-state index contributed by atoms with van der Waals surface area (Å²) in [6, 6.07) is 0. The lowest BCUT2D eigenvalue weighted by molar-refractivity contribution is -0.126. The zero-order valence-electron chi connectivity index (χ0n) is 11.4. The van der Waals surface area contributed by atoms with E-state index in [0.29, 0.717) is 13.2 Å². The summed E-state index contributed by atoms with van der Waals surface area (Å²) in [4.78, 5) is 11.2. The topological polar surface area (TPSA) is 44.8 Å². The standard InChI is InChI=1S/C13H26O4/c1-12(2)13(14)11-17-10-6-9-16-8-5-4-7-15-3/h12H,4-11H2,1-3H3. The normalized spacial score (nSPS) is 11.1. The van der Waals surface area contributed by atoms with Crippen molar-refractivity contribution >= 4 is 5.78 Å². The number of rotatable bonds is 12. The van der Waals surface area contributed by atoms with Gasteiger partial charge in [0.1, 0.15) is 6.61 Å². The third kappa shape index (κ3) is 11.8. The second-order valence-corrected chi connectivity index (χ2v) is 4.34. The second kappa shape index (κ2) is 12.0. The minimum atomic E-state index is 0.0621. The fourth-order valence-electron chi connectivity index (χ4n) is 1.16. The van der Waals surface area contributed by atoms with E-state index in [1.807, 2.05) is 13.8 Å². The minimum Gasteiger partial charge on any atom is -0.385 e. The van der Waals surface area contributed by atoms with E-state index in [1.165, 1.54) is 0 Å². The number of ketones is 1. The van der Waals surface area contributed by atoms with Crippen LogP contribution in [0.15, 0.2) is 0 Å². The van der Waals surface area contributed by atoms with E-state index >= 15 is 0 Å². The van der Waals surface area contributed by atoms with Gasteiger partial charge in [-0.2, -0.15) is 0 Å². The van der Waals surface area contributed by atoms with E-state index in [2.05, 4.69) is 0 Å². The van der Waals surface area contributed by atoms with Crippen molar-refractivity contribution in [2.75, 3.05) is 40.1 Å². The first-order chi connectivity index (χ1) is 8.18. The Morgan fingerprint density at radius 2 is 1.53 bits per heavy atom. The predicted octanol–water partition coefficient (Wildman–Crippen LogP) is 2.06. The SMILES string of the molecule is COCCCCOCCCOCC(=O)C(C)C. The second-order valence-electron chi connectivity index (χ2n) is 4.34. The Hall–Kier alpha value is -0.450. The Morgan fingerprint density at radius 3 is 2.18 bits per heavy atom. The summed E-state index contributed by atoms with van der Waals surface area (Å²) in [5, 5.41) is 0. The summed E-state index contributed by atoms with van der Waals surface area (Å²) < 4.78 is 15.6. The average molecular weight is 246 g/mol. The molecule has 0 saturated carbocycles. The van der Waals surface area contributed by atoms with Crippen LogP contribution in [0.1, 0.15) is 33.1 Å². The van der Waals surface area contributed by atoms with E-state index in [1.54, 1.807) is 7.11 Å². The smallest absolute Gasteiger partial charge is 0.160 e. The summed E-state index contributed by atoms with van der Waals surface area (Å²) in [7, 11) is 1.71. The van der Waals surface area contributed by atoms with Crippen LogP contribution < -0.4 is 0 Å². The summed E-state index contributed by atoms with van der Waals surface area (Å²) in [5.41, 5.74) is 0. The number of ether oxygens (including phenoxy) is 3. The van der Waals surface area contributed by atoms with Crippen molar-refractivity contribution in [1.29, 1.82) is 0 Å². The van der Waals surface area contributed by atoms with Crippen molar-refractivity contribution in [2.24, 2.45) is 5.92 Å². The maximum atomic E-state index is 11.2. The average Bonchev–Trinajstić information content (AvgIpc) is 2.31. The molecule has 0 aliphatic carbocycles. The van der Waals surface area contributed by atoms with Gasteiger partial charge in [0, 0.05) is 39.5 Å². The molecule has 0 fully saturated rings. The third-order valence-corrected chi connectivity index (χ3v) is 2.35. The molecule has 4 nitrogen and oxygen atoms in total. The molecule has 0 aliphatic rings. The van der Waals surface area contributed by atoms with Crippen LogP contribution in [0.4, 0.5) is 0 Å². The zero-order valence-corrected chi connectivity index (χ0v) is 11.4. The maximum Gasteiger partial charge on any atom is 0.160 e. The van der Waals surface area contributed by atoms with Crippen LogP contribution in [0.2, 0.25) is 0 Å². The quantitative estimate of drug-likeness (QED) is 0.494. The molecule has 0 amide bonds. The lowest BCUT2D eigenvalue weighted by Crippen LogP contribution is -2.15. The van der Waals surface area contributed by atoms with Gasteiger partial charge in [0.2, 0.25) is 0 Å². The number of hydrogen-bond acceptors (Lipinski definition) is 4. The van der Waals surface area contributed by atoms with Gasteiger partial charge in [0.05, 0.1) is 0 Å². The van der Waals surface area contributed by atoms with Gasteiger partial charge < -0.3 is 14.2 Å². The van der Waals surface area contributed by atoms with E-state index in [4.69, 9.17) is 14.2 Å². The highest BCUT2D eigenvalue weighted by atomic mass is 16.5. The number of Topliss-reactive ketones (excluding diaryl/α,β-unsaturated/α-hetero) is 1. The van der Waals surface area contributed by atoms with Gasteiger partial charge in [-0.25, -0.2) is 0 Å². The van der Waals surface area contributed by atoms with Crippen molar-refractivity contribution in [1.82, 2.24) is 0 Å². The van der Waals surface area contributed by atoms with Crippen molar-refractivity contribution < 1.29 is 19.0 Å². The molecule has 0 spiro atoms. The van der Waals surface area contributed by atoms with Crippen LogP contribution in [0.5, 0.6) is 0 Å². The van der Waals surface area contributed by atoms with Gasteiger partial charge in [-0.15, -0.1) is 0 Å². The van der Waals surface area contributed by atoms with Crippen LogP contribution in [0, 0.1) is 5.92 Å². The first-order valence-corrected chi connectivity index (χ1v) is 6.35. The number of carbonyl (C=O) groups excluding carboxylic acids is 1. The predicted molar refractivity (Wildman–Crippen MR) is 67.2 cm³/mol. The van der Waals surface area contributed by atoms with Gasteiger partial charge in [0.15, 0.2) is 5.78 Å². The van der Waals surface area contributed by atoms with Gasteiger partial charge in [-0.1, -0.05) is 13.8 Å². The van der Waals surface area contributed by atoms with Gasteiger partial charge in [-0.05, 0) is 19.3 Å².